The zero-order valence-corrected chi connectivity index (χ0v) is 8.64. The van der Waals surface area contributed by atoms with E-state index in [4.69, 9.17) is 16.3 Å². The second-order valence-electron chi connectivity index (χ2n) is 3.03. The predicted molar refractivity (Wildman–Crippen MR) is 57.3 cm³/mol. The van der Waals surface area contributed by atoms with E-state index in [0.717, 1.165) is 5.56 Å². The van der Waals surface area contributed by atoms with Crippen LogP contribution in [0.2, 0.25) is 5.02 Å². The minimum absolute atomic E-state index is 0.137. The molecule has 0 heterocycles. The first-order chi connectivity index (χ1) is 6.15. The highest BCUT2D eigenvalue weighted by Gasteiger charge is 2.05. The molecule has 0 spiro atoms. The molecule has 0 aromatic heterocycles. The van der Waals surface area contributed by atoms with Gasteiger partial charge in [-0.3, -0.25) is 0 Å². The minimum Gasteiger partial charge on any atom is -0.489 e. The van der Waals surface area contributed by atoms with Crippen molar-refractivity contribution in [2.45, 2.75) is 20.0 Å². The second kappa shape index (κ2) is 4.33. The van der Waals surface area contributed by atoms with Crippen LogP contribution in [0.1, 0.15) is 19.4 Å². The molecule has 0 fully saturated rings. The van der Waals surface area contributed by atoms with E-state index < -0.39 is 0 Å². The maximum absolute atomic E-state index is 6.06. The van der Waals surface area contributed by atoms with Gasteiger partial charge in [0.15, 0.2) is 0 Å². The molecule has 0 unspecified atom stereocenters. The Balaban J connectivity index is 3.01. The lowest BCUT2D eigenvalue weighted by Gasteiger charge is -2.12. The maximum atomic E-state index is 6.06. The molecular formula is C11H13ClO. The number of hydrogen-bond donors (Lipinski definition) is 0. The van der Waals surface area contributed by atoms with Crippen molar-refractivity contribution < 1.29 is 4.74 Å². The van der Waals surface area contributed by atoms with Crippen LogP contribution in [0.15, 0.2) is 24.8 Å². The lowest BCUT2D eigenvalue weighted by molar-refractivity contribution is 0.242. The molecular weight excluding hydrogens is 184 g/mol. The van der Waals surface area contributed by atoms with Gasteiger partial charge in [0.25, 0.3) is 0 Å². The van der Waals surface area contributed by atoms with Crippen LogP contribution < -0.4 is 4.74 Å². The molecule has 1 rings (SSSR count). The van der Waals surface area contributed by atoms with E-state index in [9.17, 15) is 0 Å². The topological polar surface area (TPSA) is 9.23 Å². The Morgan fingerprint density at radius 1 is 1.46 bits per heavy atom. The molecule has 1 nitrogen and oxygen atoms in total. The van der Waals surface area contributed by atoms with E-state index in [1.807, 2.05) is 32.0 Å². The van der Waals surface area contributed by atoms with E-state index >= 15 is 0 Å². The molecule has 0 atom stereocenters. The maximum Gasteiger partial charge on any atom is 0.138 e. The van der Waals surface area contributed by atoms with E-state index in [1.54, 1.807) is 6.08 Å². The second-order valence-corrected chi connectivity index (χ2v) is 3.41. The third-order valence-electron chi connectivity index (χ3n) is 1.58. The fourth-order valence-corrected chi connectivity index (χ4v) is 1.28. The first-order valence-corrected chi connectivity index (χ1v) is 4.60. The van der Waals surface area contributed by atoms with Gasteiger partial charge in [0, 0.05) is 0 Å². The number of rotatable bonds is 3. The summed E-state index contributed by atoms with van der Waals surface area (Å²) in [5.41, 5.74) is 0.903. The van der Waals surface area contributed by atoms with E-state index in [1.165, 1.54) is 0 Å². The molecule has 1 aromatic carbocycles. The SMILES string of the molecule is C=Cc1cccc(OC(C)C)c1Cl. The first-order valence-electron chi connectivity index (χ1n) is 4.22. The predicted octanol–water partition coefficient (Wildman–Crippen LogP) is 3.77. The first kappa shape index (κ1) is 10.1. The Morgan fingerprint density at radius 3 is 2.69 bits per heavy atom. The average Bonchev–Trinajstić information content (AvgIpc) is 2.08. The summed E-state index contributed by atoms with van der Waals surface area (Å²) < 4.78 is 5.51. The van der Waals surface area contributed by atoms with Crippen molar-refractivity contribution in [2.75, 3.05) is 0 Å². The van der Waals surface area contributed by atoms with Crippen LogP contribution in [0.3, 0.4) is 0 Å². The molecule has 0 aliphatic rings. The molecule has 0 aliphatic heterocycles. The zero-order chi connectivity index (χ0) is 9.84. The fraction of sp³-hybridized carbons (Fsp3) is 0.273. The summed E-state index contributed by atoms with van der Waals surface area (Å²) in [6, 6.07) is 5.67. The summed E-state index contributed by atoms with van der Waals surface area (Å²) in [7, 11) is 0. The highest BCUT2D eigenvalue weighted by Crippen LogP contribution is 2.29. The molecule has 70 valence electrons. The van der Waals surface area contributed by atoms with Crippen molar-refractivity contribution in [3.8, 4) is 5.75 Å². The van der Waals surface area contributed by atoms with Crippen LogP contribution in [0.5, 0.6) is 5.75 Å². The normalized spacial score (nSPS) is 10.2. The molecule has 0 N–H and O–H groups in total. The third kappa shape index (κ3) is 2.49. The van der Waals surface area contributed by atoms with Crippen LogP contribution >= 0.6 is 11.6 Å². The summed E-state index contributed by atoms with van der Waals surface area (Å²) >= 11 is 6.06. The molecule has 0 saturated heterocycles. The summed E-state index contributed by atoms with van der Waals surface area (Å²) in [5.74, 6) is 0.717. The summed E-state index contributed by atoms with van der Waals surface area (Å²) in [6.45, 7) is 7.61. The number of hydrogen-bond acceptors (Lipinski definition) is 1. The van der Waals surface area contributed by atoms with Gasteiger partial charge < -0.3 is 4.74 Å². The Bertz CT molecular complexity index is 305. The van der Waals surface area contributed by atoms with Gasteiger partial charge in [0.05, 0.1) is 11.1 Å². The van der Waals surface area contributed by atoms with E-state index in [0.29, 0.717) is 10.8 Å². The molecule has 1 aromatic rings. The van der Waals surface area contributed by atoms with Gasteiger partial charge in [-0.05, 0) is 25.5 Å². The van der Waals surface area contributed by atoms with Crippen molar-refractivity contribution in [2.24, 2.45) is 0 Å². The van der Waals surface area contributed by atoms with Gasteiger partial charge in [0.2, 0.25) is 0 Å². The highest BCUT2D eigenvalue weighted by molar-refractivity contribution is 6.33. The van der Waals surface area contributed by atoms with Gasteiger partial charge in [-0.1, -0.05) is 36.4 Å². The average molecular weight is 197 g/mol. The number of benzene rings is 1. The number of halogens is 1. The van der Waals surface area contributed by atoms with Gasteiger partial charge in [0.1, 0.15) is 5.75 Å². The fourth-order valence-electron chi connectivity index (χ4n) is 1.03. The molecule has 13 heavy (non-hydrogen) atoms. The van der Waals surface area contributed by atoms with Crippen molar-refractivity contribution >= 4 is 17.7 Å². The van der Waals surface area contributed by atoms with Crippen molar-refractivity contribution in [1.29, 1.82) is 0 Å². The Morgan fingerprint density at radius 2 is 2.15 bits per heavy atom. The zero-order valence-electron chi connectivity index (χ0n) is 7.88. The molecule has 0 saturated carbocycles. The van der Waals surface area contributed by atoms with Crippen molar-refractivity contribution in [1.82, 2.24) is 0 Å². The molecule has 0 bridgehead atoms. The lowest BCUT2D eigenvalue weighted by Crippen LogP contribution is -2.05. The quantitative estimate of drug-likeness (QED) is 0.715. The Labute approximate surface area is 84.0 Å². The summed E-state index contributed by atoms with van der Waals surface area (Å²) in [4.78, 5) is 0. The Hall–Kier alpha value is -0.950. The molecule has 2 heteroatoms. The standard InChI is InChI=1S/C11H13ClO/c1-4-9-6-5-7-10(11(9)12)13-8(2)3/h4-8H,1H2,2-3H3. The van der Waals surface area contributed by atoms with Crippen LogP contribution in [0.25, 0.3) is 6.08 Å². The lowest BCUT2D eigenvalue weighted by atomic mass is 10.2. The van der Waals surface area contributed by atoms with Gasteiger partial charge >= 0.3 is 0 Å². The summed E-state index contributed by atoms with van der Waals surface area (Å²) in [5, 5.41) is 0.631. The Kier molecular flexibility index (Phi) is 3.38. The summed E-state index contributed by atoms with van der Waals surface area (Å²) in [6.07, 6.45) is 1.85. The van der Waals surface area contributed by atoms with Gasteiger partial charge in [-0.15, -0.1) is 0 Å². The van der Waals surface area contributed by atoms with Gasteiger partial charge in [-0.2, -0.15) is 0 Å². The molecule has 0 amide bonds. The van der Waals surface area contributed by atoms with Crippen molar-refractivity contribution in [3.63, 3.8) is 0 Å². The van der Waals surface area contributed by atoms with Crippen LogP contribution in [-0.4, -0.2) is 6.10 Å². The van der Waals surface area contributed by atoms with E-state index in [-0.39, 0.29) is 6.10 Å². The molecule has 0 radical (unpaired) electrons. The minimum atomic E-state index is 0.137. The van der Waals surface area contributed by atoms with Gasteiger partial charge in [-0.25, -0.2) is 0 Å². The smallest absolute Gasteiger partial charge is 0.138 e. The largest absolute Gasteiger partial charge is 0.489 e. The van der Waals surface area contributed by atoms with Crippen LogP contribution in [0, 0.1) is 0 Å². The monoisotopic (exact) mass is 196 g/mol. The van der Waals surface area contributed by atoms with E-state index in [2.05, 4.69) is 6.58 Å². The van der Waals surface area contributed by atoms with Crippen molar-refractivity contribution in [3.05, 3.63) is 35.4 Å². The highest BCUT2D eigenvalue weighted by atomic mass is 35.5. The number of ether oxygens (including phenoxy) is 1. The third-order valence-corrected chi connectivity index (χ3v) is 1.98. The molecule has 0 aliphatic carbocycles. The van der Waals surface area contributed by atoms with Crippen LogP contribution in [-0.2, 0) is 0 Å². The van der Waals surface area contributed by atoms with Crippen LogP contribution in [0.4, 0.5) is 0 Å².